The molecule has 0 saturated carbocycles. The van der Waals surface area contributed by atoms with E-state index in [0.29, 0.717) is 27.0 Å². The van der Waals surface area contributed by atoms with Crippen molar-refractivity contribution in [1.29, 1.82) is 0 Å². The van der Waals surface area contributed by atoms with E-state index in [1.165, 1.54) is 12.3 Å². The fraction of sp³-hybridized carbons (Fsp3) is 0.111. The van der Waals surface area contributed by atoms with Gasteiger partial charge in [-0.25, -0.2) is 18.1 Å². The van der Waals surface area contributed by atoms with Crippen LogP contribution in [0, 0.1) is 6.92 Å². The molecule has 1 N–H and O–H groups in total. The summed E-state index contributed by atoms with van der Waals surface area (Å²) >= 11 is 12.4. The maximum absolute atomic E-state index is 12.5. The van der Waals surface area contributed by atoms with Crippen LogP contribution in [0.25, 0.3) is 11.4 Å². The summed E-state index contributed by atoms with van der Waals surface area (Å²) in [6.07, 6.45) is 1.41. The highest BCUT2D eigenvalue weighted by Crippen LogP contribution is 2.33. The van der Waals surface area contributed by atoms with E-state index in [1.54, 1.807) is 54.9 Å². The fourth-order valence-corrected chi connectivity index (χ4v) is 4.38. The Bertz CT molecular complexity index is 1120. The Morgan fingerprint density at radius 3 is 2.33 bits per heavy atom. The second-order valence-corrected chi connectivity index (χ2v) is 8.32. The van der Waals surface area contributed by atoms with Crippen molar-refractivity contribution in [2.45, 2.75) is 11.8 Å². The van der Waals surface area contributed by atoms with Crippen molar-refractivity contribution in [1.82, 2.24) is 14.3 Å². The number of nitrogens with zero attached hydrogens (tertiary/aromatic N) is 2. The van der Waals surface area contributed by atoms with Crippen LogP contribution >= 0.6 is 23.2 Å². The van der Waals surface area contributed by atoms with Crippen LogP contribution in [0.2, 0.25) is 10.0 Å². The first-order valence-corrected chi connectivity index (χ1v) is 10.0. The summed E-state index contributed by atoms with van der Waals surface area (Å²) < 4.78 is 28.6. The summed E-state index contributed by atoms with van der Waals surface area (Å²) in [6.45, 7) is 1.65. The maximum Gasteiger partial charge on any atom is 0.285 e. The van der Waals surface area contributed by atoms with Gasteiger partial charge < -0.3 is 4.57 Å². The number of halogens is 2. The van der Waals surface area contributed by atoms with Crippen LogP contribution in [0.1, 0.15) is 16.1 Å². The van der Waals surface area contributed by atoms with E-state index in [2.05, 4.69) is 4.98 Å². The fourth-order valence-electron chi connectivity index (χ4n) is 2.61. The van der Waals surface area contributed by atoms with Crippen LogP contribution in [0.5, 0.6) is 0 Å². The number of benzene rings is 2. The number of aromatic nitrogens is 2. The minimum absolute atomic E-state index is 0.0312. The predicted octanol–water partition coefficient (Wildman–Crippen LogP) is 3.82. The normalized spacial score (nSPS) is 11.4. The van der Waals surface area contributed by atoms with E-state index >= 15 is 0 Å². The summed E-state index contributed by atoms with van der Waals surface area (Å²) in [5.74, 6) is -0.493. The van der Waals surface area contributed by atoms with Crippen LogP contribution in [0.15, 0.2) is 53.6 Å². The zero-order chi connectivity index (χ0) is 19.8. The van der Waals surface area contributed by atoms with Crippen LogP contribution in [-0.4, -0.2) is 23.9 Å². The van der Waals surface area contributed by atoms with E-state index < -0.39 is 15.9 Å². The van der Waals surface area contributed by atoms with Gasteiger partial charge in [0.25, 0.3) is 15.9 Å². The number of carbonyl (C=O) groups excluding carboxylic acids is 1. The molecule has 0 aliphatic heterocycles. The van der Waals surface area contributed by atoms with Crippen molar-refractivity contribution in [3.8, 4) is 11.4 Å². The lowest BCUT2D eigenvalue weighted by Crippen LogP contribution is -2.31. The van der Waals surface area contributed by atoms with Gasteiger partial charge in [-0.05, 0) is 30.7 Å². The van der Waals surface area contributed by atoms with Crippen molar-refractivity contribution < 1.29 is 13.2 Å². The first-order chi connectivity index (χ1) is 12.7. The molecule has 1 aromatic heterocycles. The molecule has 0 unspecified atom stereocenters. The summed E-state index contributed by atoms with van der Waals surface area (Å²) in [7, 11) is -2.36. The average molecular weight is 424 g/mol. The number of imidazole rings is 1. The van der Waals surface area contributed by atoms with E-state index in [-0.39, 0.29) is 10.6 Å². The Labute approximate surface area is 166 Å². The van der Waals surface area contributed by atoms with Crippen LogP contribution in [0.4, 0.5) is 0 Å². The van der Waals surface area contributed by atoms with Crippen molar-refractivity contribution >= 4 is 39.1 Å². The first-order valence-electron chi connectivity index (χ1n) is 7.81. The minimum atomic E-state index is -4.02. The second kappa shape index (κ2) is 7.34. The van der Waals surface area contributed by atoms with Gasteiger partial charge >= 0.3 is 0 Å². The Kier molecular flexibility index (Phi) is 5.28. The molecule has 9 heteroatoms. The van der Waals surface area contributed by atoms with E-state index in [4.69, 9.17) is 23.2 Å². The molecule has 3 aromatic rings. The maximum atomic E-state index is 12.5. The molecule has 140 valence electrons. The van der Waals surface area contributed by atoms with Crippen LogP contribution in [-0.2, 0) is 17.1 Å². The summed E-state index contributed by atoms with van der Waals surface area (Å²) in [4.78, 5) is 16.7. The third-order valence-corrected chi connectivity index (χ3v) is 6.03. The van der Waals surface area contributed by atoms with E-state index in [0.717, 1.165) is 0 Å². The SMILES string of the molecule is Cc1ccccc1S(=O)(=O)NC(=O)c1cn(C)c(-c2c(Cl)cccc2Cl)n1. The van der Waals surface area contributed by atoms with Crippen molar-refractivity contribution in [3.63, 3.8) is 0 Å². The largest absolute Gasteiger partial charge is 0.333 e. The Hall–Kier alpha value is -2.35. The number of nitrogens with one attached hydrogen (secondary N) is 1. The molecule has 0 fully saturated rings. The van der Waals surface area contributed by atoms with Gasteiger partial charge in [-0.15, -0.1) is 0 Å². The zero-order valence-electron chi connectivity index (χ0n) is 14.4. The van der Waals surface area contributed by atoms with Gasteiger partial charge in [-0.1, -0.05) is 47.5 Å². The third kappa shape index (κ3) is 3.85. The average Bonchev–Trinajstić information content (AvgIpc) is 2.96. The third-order valence-electron chi connectivity index (χ3n) is 3.91. The molecular weight excluding hydrogens is 409 g/mol. The molecule has 0 radical (unpaired) electrons. The van der Waals surface area contributed by atoms with Gasteiger partial charge in [0.05, 0.1) is 20.5 Å². The topological polar surface area (TPSA) is 81.1 Å². The van der Waals surface area contributed by atoms with E-state index in [9.17, 15) is 13.2 Å². The highest BCUT2D eigenvalue weighted by atomic mass is 35.5. The van der Waals surface area contributed by atoms with Gasteiger partial charge in [0.15, 0.2) is 0 Å². The molecule has 0 spiro atoms. The van der Waals surface area contributed by atoms with Gasteiger partial charge in [-0.2, -0.15) is 0 Å². The molecule has 6 nitrogen and oxygen atoms in total. The minimum Gasteiger partial charge on any atom is -0.333 e. The summed E-state index contributed by atoms with van der Waals surface area (Å²) in [6, 6.07) is 11.4. The smallest absolute Gasteiger partial charge is 0.285 e. The molecule has 2 aromatic carbocycles. The number of aryl methyl sites for hydroxylation is 2. The van der Waals surface area contributed by atoms with Crippen LogP contribution in [0.3, 0.4) is 0 Å². The summed E-state index contributed by atoms with van der Waals surface area (Å²) in [5.41, 5.74) is 0.923. The molecule has 1 amide bonds. The van der Waals surface area contributed by atoms with Gasteiger partial charge in [0, 0.05) is 13.2 Å². The number of hydrogen-bond acceptors (Lipinski definition) is 4. The number of carbonyl (C=O) groups is 1. The first kappa shape index (κ1) is 19.4. The van der Waals surface area contributed by atoms with Crippen molar-refractivity contribution in [3.05, 3.63) is 70.0 Å². The highest BCUT2D eigenvalue weighted by molar-refractivity contribution is 7.90. The van der Waals surface area contributed by atoms with Crippen molar-refractivity contribution in [2.75, 3.05) is 0 Å². The number of amides is 1. The Morgan fingerprint density at radius 2 is 1.70 bits per heavy atom. The van der Waals surface area contributed by atoms with Crippen molar-refractivity contribution in [2.24, 2.45) is 7.05 Å². The van der Waals surface area contributed by atoms with Gasteiger partial charge in [0.1, 0.15) is 11.5 Å². The number of hydrogen-bond donors (Lipinski definition) is 1. The summed E-state index contributed by atoms with van der Waals surface area (Å²) in [5, 5.41) is 0.742. The molecule has 0 aliphatic rings. The lowest BCUT2D eigenvalue weighted by Gasteiger charge is -2.08. The highest BCUT2D eigenvalue weighted by Gasteiger charge is 2.23. The molecule has 1 heterocycles. The molecule has 0 atom stereocenters. The Morgan fingerprint density at radius 1 is 1.07 bits per heavy atom. The number of sulfonamides is 1. The monoisotopic (exact) mass is 423 g/mol. The quantitative estimate of drug-likeness (QED) is 0.691. The molecule has 27 heavy (non-hydrogen) atoms. The zero-order valence-corrected chi connectivity index (χ0v) is 16.7. The lowest BCUT2D eigenvalue weighted by molar-refractivity contribution is 0.0977. The van der Waals surface area contributed by atoms with E-state index in [1.807, 2.05) is 4.72 Å². The second-order valence-electron chi connectivity index (χ2n) is 5.86. The Balaban J connectivity index is 1.95. The lowest BCUT2D eigenvalue weighted by atomic mass is 10.2. The standard InChI is InChI=1S/C18H15Cl2N3O3S/c1-11-6-3-4-9-15(11)27(25,26)22-18(24)14-10-23(2)17(21-14)16-12(19)7-5-8-13(16)20/h3-10H,1-2H3,(H,22,24). The van der Waals surface area contributed by atoms with Gasteiger partial charge in [0.2, 0.25) is 0 Å². The van der Waals surface area contributed by atoms with Crippen LogP contribution < -0.4 is 4.72 Å². The molecule has 0 bridgehead atoms. The molecule has 0 aliphatic carbocycles. The predicted molar refractivity (Wildman–Crippen MR) is 104 cm³/mol. The molecule has 3 rings (SSSR count). The molecule has 0 saturated heterocycles. The van der Waals surface area contributed by atoms with Gasteiger partial charge in [-0.3, -0.25) is 4.79 Å². The molecular formula is C18H15Cl2N3O3S. The number of rotatable bonds is 4.